The lowest BCUT2D eigenvalue weighted by Crippen LogP contribution is -2.46. The van der Waals surface area contributed by atoms with Crippen LogP contribution in [-0.4, -0.2) is 53.1 Å². The summed E-state index contributed by atoms with van der Waals surface area (Å²) in [5.74, 6) is 0.807. The maximum atomic E-state index is 12.8. The Morgan fingerprint density at radius 1 is 1.14 bits per heavy atom. The highest BCUT2D eigenvalue weighted by Gasteiger charge is 2.20. The van der Waals surface area contributed by atoms with Crippen molar-refractivity contribution in [2.75, 3.05) is 37.6 Å². The molecule has 6 nitrogen and oxygen atoms in total. The molecule has 1 aromatic carbocycles. The third-order valence-corrected chi connectivity index (χ3v) is 6.05. The minimum Gasteiger partial charge on any atom is -0.354 e. The average Bonchev–Trinajstić information content (AvgIpc) is 3.03. The fourth-order valence-corrected chi connectivity index (χ4v) is 4.24. The summed E-state index contributed by atoms with van der Waals surface area (Å²) in [5, 5.41) is 4.34. The van der Waals surface area contributed by atoms with Gasteiger partial charge in [0, 0.05) is 56.9 Å². The Morgan fingerprint density at radius 3 is 2.55 bits per heavy atom. The number of amides is 1. The van der Waals surface area contributed by atoms with E-state index in [0.29, 0.717) is 17.3 Å². The lowest BCUT2D eigenvalue weighted by molar-refractivity contribution is 0.0943. The van der Waals surface area contributed by atoms with E-state index in [1.165, 1.54) is 0 Å². The summed E-state index contributed by atoms with van der Waals surface area (Å²) >= 11 is 6.46. The molecule has 0 radical (unpaired) electrons. The number of pyridine rings is 1. The molecule has 0 bridgehead atoms. The number of fused-ring (bicyclic) bond motifs is 1. The van der Waals surface area contributed by atoms with Crippen LogP contribution in [-0.2, 0) is 13.6 Å². The van der Waals surface area contributed by atoms with Crippen LogP contribution >= 0.6 is 11.6 Å². The second-order valence-corrected chi connectivity index (χ2v) is 7.75. The molecule has 1 N–H and O–H groups in total. The molecule has 0 aliphatic carbocycles. The molecule has 1 fully saturated rings. The van der Waals surface area contributed by atoms with Gasteiger partial charge in [0.15, 0.2) is 0 Å². The Balaban J connectivity index is 1.40. The number of nitrogens with one attached hydrogen (secondary N) is 1. The highest BCUT2D eigenvalue weighted by molar-refractivity contribution is 6.38. The Kier molecular flexibility index (Phi) is 5.74. The predicted molar refractivity (Wildman–Crippen MR) is 118 cm³/mol. The molecule has 0 atom stereocenters. The zero-order chi connectivity index (χ0) is 20.4. The van der Waals surface area contributed by atoms with Crippen molar-refractivity contribution in [2.24, 2.45) is 7.05 Å². The van der Waals surface area contributed by atoms with Gasteiger partial charge < -0.3 is 19.7 Å². The number of nitrogens with zero attached hydrogens (tertiary/aromatic N) is 4. The van der Waals surface area contributed by atoms with E-state index in [1.807, 2.05) is 54.2 Å². The largest absolute Gasteiger partial charge is 0.354 e. The van der Waals surface area contributed by atoms with Crippen LogP contribution in [0, 0.1) is 0 Å². The highest BCUT2D eigenvalue weighted by Crippen LogP contribution is 2.29. The normalized spacial score (nSPS) is 15.1. The number of hydrogen-bond donors (Lipinski definition) is 1. The van der Waals surface area contributed by atoms with Gasteiger partial charge in [-0.25, -0.2) is 4.98 Å². The standard InChI is InChI=1S/C22H26ClN5O/c1-3-27-10-12-28(13-11-27)19-9-8-16(14-24-19)15-25-22(29)21-20(23)17-6-4-5-7-18(17)26(21)2/h4-9,14H,3,10-13,15H2,1-2H3,(H,25,29). The van der Waals surface area contributed by atoms with Crippen molar-refractivity contribution in [1.82, 2.24) is 19.8 Å². The molecule has 0 spiro atoms. The first-order valence-corrected chi connectivity index (χ1v) is 10.4. The Bertz CT molecular complexity index is 967. The lowest BCUT2D eigenvalue weighted by atomic mass is 10.2. The molecule has 4 rings (SSSR count). The number of benzene rings is 1. The number of rotatable bonds is 5. The van der Waals surface area contributed by atoms with E-state index in [-0.39, 0.29) is 5.91 Å². The van der Waals surface area contributed by atoms with E-state index in [9.17, 15) is 4.79 Å². The van der Waals surface area contributed by atoms with E-state index in [4.69, 9.17) is 11.6 Å². The van der Waals surface area contributed by atoms with Crippen molar-refractivity contribution in [2.45, 2.75) is 13.5 Å². The monoisotopic (exact) mass is 411 g/mol. The molecule has 1 aliphatic rings. The smallest absolute Gasteiger partial charge is 0.269 e. The number of aromatic nitrogens is 2. The van der Waals surface area contributed by atoms with Crippen LogP contribution in [0.4, 0.5) is 5.82 Å². The first-order chi connectivity index (χ1) is 14.1. The predicted octanol–water partition coefficient (Wildman–Crippen LogP) is 3.30. The van der Waals surface area contributed by atoms with Gasteiger partial charge >= 0.3 is 0 Å². The number of hydrogen-bond acceptors (Lipinski definition) is 4. The van der Waals surface area contributed by atoms with Crippen LogP contribution < -0.4 is 10.2 Å². The number of para-hydroxylation sites is 1. The fourth-order valence-electron chi connectivity index (χ4n) is 3.87. The SMILES string of the molecule is CCN1CCN(c2ccc(CNC(=O)c3c(Cl)c4ccccc4n3C)cn2)CC1. The molecule has 1 amide bonds. The molecule has 152 valence electrons. The van der Waals surface area contributed by atoms with Gasteiger partial charge in [0.2, 0.25) is 0 Å². The molecule has 3 heterocycles. The quantitative estimate of drug-likeness (QED) is 0.700. The number of anilines is 1. The van der Waals surface area contributed by atoms with Crippen molar-refractivity contribution >= 4 is 34.2 Å². The van der Waals surface area contributed by atoms with Crippen molar-refractivity contribution in [1.29, 1.82) is 0 Å². The van der Waals surface area contributed by atoms with Crippen molar-refractivity contribution in [3.8, 4) is 0 Å². The van der Waals surface area contributed by atoms with Gasteiger partial charge in [-0.1, -0.05) is 42.8 Å². The number of likely N-dealkylation sites (N-methyl/N-ethyl adjacent to an activating group) is 1. The summed E-state index contributed by atoms with van der Waals surface area (Å²) in [6.45, 7) is 7.84. The van der Waals surface area contributed by atoms with Crippen LogP contribution in [0.1, 0.15) is 23.0 Å². The number of halogens is 1. The van der Waals surface area contributed by atoms with Crippen LogP contribution in [0.5, 0.6) is 0 Å². The second kappa shape index (κ2) is 8.43. The van der Waals surface area contributed by atoms with Crippen molar-refractivity contribution in [3.63, 3.8) is 0 Å². The van der Waals surface area contributed by atoms with E-state index in [1.54, 1.807) is 0 Å². The minimum absolute atomic E-state index is 0.187. The molecule has 2 aromatic heterocycles. The van der Waals surface area contributed by atoms with Gasteiger partial charge in [0.1, 0.15) is 11.5 Å². The van der Waals surface area contributed by atoms with Gasteiger partial charge in [0.05, 0.1) is 5.02 Å². The van der Waals surface area contributed by atoms with Crippen LogP contribution in [0.15, 0.2) is 42.6 Å². The summed E-state index contributed by atoms with van der Waals surface area (Å²) < 4.78 is 1.84. The van der Waals surface area contributed by atoms with Gasteiger partial charge in [0.25, 0.3) is 5.91 Å². The number of carbonyl (C=O) groups is 1. The van der Waals surface area contributed by atoms with Crippen LogP contribution in [0.3, 0.4) is 0 Å². The zero-order valence-electron chi connectivity index (χ0n) is 16.9. The van der Waals surface area contributed by atoms with E-state index >= 15 is 0 Å². The van der Waals surface area contributed by atoms with Crippen molar-refractivity contribution < 1.29 is 4.79 Å². The van der Waals surface area contributed by atoms with Gasteiger partial charge in [-0.05, 0) is 24.2 Å². The zero-order valence-corrected chi connectivity index (χ0v) is 17.6. The van der Waals surface area contributed by atoms with Crippen LogP contribution in [0.25, 0.3) is 10.9 Å². The third kappa shape index (κ3) is 3.95. The summed E-state index contributed by atoms with van der Waals surface area (Å²) in [5.41, 5.74) is 2.38. The Hall–Kier alpha value is -2.57. The molecule has 7 heteroatoms. The number of piperazine rings is 1. The summed E-state index contributed by atoms with van der Waals surface area (Å²) in [4.78, 5) is 22.1. The van der Waals surface area contributed by atoms with E-state index in [0.717, 1.165) is 55.0 Å². The molecule has 1 saturated heterocycles. The van der Waals surface area contributed by atoms with Crippen molar-refractivity contribution in [3.05, 3.63) is 58.9 Å². The second-order valence-electron chi connectivity index (χ2n) is 7.37. The van der Waals surface area contributed by atoms with Gasteiger partial charge in [-0.15, -0.1) is 0 Å². The van der Waals surface area contributed by atoms with Crippen LogP contribution in [0.2, 0.25) is 5.02 Å². The summed E-state index contributed by atoms with van der Waals surface area (Å²) in [6, 6.07) is 11.8. The minimum atomic E-state index is -0.187. The van der Waals surface area contributed by atoms with E-state index < -0.39 is 0 Å². The lowest BCUT2D eigenvalue weighted by Gasteiger charge is -2.34. The van der Waals surface area contributed by atoms with E-state index in [2.05, 4.69) is 27.0 Å². The first-order valence-electron chi connectivity index (χ1n) is 10.0. The Labute approximate surface area is 176 Å². The Morgan fingerprint density at radius 2 is 1.90 bits per heavy atom. The molecule has 29 heavy (non-hydrogen) atoms. The summed E-state index contributed by atoms with van der Waals surface area (Å²) in [6.07, 6.45) is 1.84. The molecule has 3 aromatic rings. The molecule has 1 aliphatic heterocycles. The maximum Gasteiger partial charge on any atom is 0.269 e. The average molecular weight is 412 g/mol. The van der Waals surface area contributed by atoms with Gasteiger partial charge in [-0.3, -0.25) is 4.79 Å². The maximum absolute atomic E-state index is 12.8. The van der Waals surface area contributed by atoms with Gasteiger partial charge in [-0.2, -0.15) is 0 Å². The number of aryl methyl sites for hydroxylation is 1. The number of carbonyl (C=O) groups excluding carboxylic acids is 1. The molecule has 0 unspecified atom stereocenters. The first kappa shape index (κ1) is 19.7. The third-order valence-electron chi connectivity index (χ3n) is 5.67. The molecular weight excluding hydrogens is 386 g/mol. The molecular formula is C22H26ClN5O. The summed E-state index contributed by atoms with van der Waals surface area (Å²) in [7, 11) is 1.86. The topological polar surface area (TPSA) is 53.4 Å². The fraction of sp³-hybridized carbons (Fsp3) is 0.364. The highest BCUT2D eigenvalue weighted by atomic mass is 35.5. The molecule has 0 saturated carbocycles.